The van der Waals surface area contributed by atoms with Gasteiger partial charge < -0.3 is 25.3 Å². The zero-order valence-corrected chi connectivity index (χ0v) is 25.5. The van der Waals surface area contributed by atoms with E-state index in [1.54, 1.807) is 6.20 Å². The average Bonchev–Trinajstić information content (AvgIpc) is 3.43. The van der Waals surface area contributed by atoms with Crippen molar-refractivity contribution in [2.45, 2.75) is 44.8 Å². The van der Waals surface area contributed by atoms with Crippen molar-refractivity contribution in [2.75, 3.05) is 45.7 Å². The minimum atomic E-state index is -0.156. The molecular weight excluding hydrogens is 550 g/mol. The summed E-state index contributed by atoms with van der Waals surface area (Å²) in [7, 11) is 3.98. The minimum Gasteiger partial charge on any atom is -0.484 e. The molecule has 0 unspecified atom stereocenters. The molecule has 0 aliphatic carbocycles. The summed E-state index contributed by atoms with van der Waals surface area (Å²) < 4.78 is 5.70. The molecule has 5 rings (SSSR count). The number of amides is 1. The lowest BCUT2D eigenvalue weighted by molar-refractivity contribution is -0.123. The lowest BCUT2D eigenvalue weighted by atomic mass is 10.0. The van der Waals surface area contributed by atoms with Crippen molar-refractivity contribution in [3.8, 4) is 17.1 Å². The highest BCUT2D eigenvalue weighted by atomic mass is 35.5. The number of H-pyrrole nitrogens is 1. The highest BCUT2D eigenvalue weighted by Gasteiger charge is 2.23. The smallest absolute Gasteiger partial charge is 0.258 e. The number of likely N-dealkylation sites (tertiary alicyclic amines) is 1. The Morgan fingerprint density at radius 3 is 2.52 bits per heavy atom. The maximum absolute atomic E-state index is 12.3. The number of piperidine rings is 1. The van der Waals surface area contributed by atoms with Gasteiger partial charge in [0.1, 0.15) is 17.1 Å². The summed E-state index contributed by atoms with van der Waals surface area (Å²) in [5.74, 6) is 1.14. The van der Waals surface area contributed by atoms with Crippen LogP contribution in [0.2, 0.25) is 5.02 Å². The number of anilines is 1. The Morgan fingerprint density at radius 2 is 1.83 bits per heavy atom. The molecule has 0 bridgehead atoms. The molecule has 3 heterocycles. The topological polar surface area (TPSA) is 98.4 Å². The number of benzene rings is 2. The van der Waals surface area contributed by atoms with Crippen LogP contribution in [0.4, 0.5) is 5.69 Å². The Kier molecular flexibility index (Phi) is 9.30. The zero-order chi connectivity index (χ0) is 29.7. The summed E-state index contributed by atoms with van der Waals surface area (Å²) in [6, 6.07) is 18.4. The quantitative estimate of drug-likeness (QED) is 0.221. The molecule has 0 saturated carbocycles. The number of carbonyl (C=O) groups is 1. The van der Waals surface area contributed by atoms with Crippen LogP contribution in [0.25, 0.3) is 22.6 Å². The van der Waals surface area contributed by atoms with Crippen molar-refractivity contribution in [3.63, 3.8) is 0 Å². The van der Waals surface area contributed by atoms with E-state index in [9.17, 15) is 4.79 Å². The van der Waals surface area contributed by atoms with E-state index in [0.29, 0.717) is 34.8 Å². The van der Waals surface area contributed by atoms with Crippen molar-refractivity contribution in [1.29, 1.82) is 0 Å². The van der Waals surface area contributed by atoms with Gasteiger partial charge in [-0.1, -0.05) is 41.9 Å². The minimum absolute atomic E-state index is 0.0455. The van der Waals surface area contributed by atoms with Crippen LogP contribution in [-0.4, -0.2) is 82.6 Å². The highest BCUT2D eigenvalue weighted by Crippen LogP contribution is 2.32. The van der Waals surface area contributed by atoms with Crippen LogP contribution in [0.5, 0.6) is 5.75 Å². The number of rotatable bonds is 11. The highest BCUT2D eigenvalue weighted by molar-refractivity contribution is 6.34. The number of aromatic nitrogens is 3. The summed E-state index contributed by atoms with van der Waals surface area (Å²) >= 11 is 6.62. The number of ether oxygens (including phenoxy) is 1. The second-order valence-corrected chi connectivity index (χ2v) is 12.1. The van der Waals surface area contributed by atoms with E-state index in [4.69, 9.17) is 21.3 Å². The van der Waals surface area contributed by atoms with Gasteiger partial charge in [-0.15, -0.1) is 0 Å². The molecule has 0 radical (unpaired) electrons. The standard InChI is InChI=1S/C32H40ClN7O2/c1-32(2,39(3)4)21-35-27(41)20-42-25-12-10-23(11-13-25)30-37-29-28(26(33)18-34-31(29)38-30)36-24-14-16-40(17-15-24)19-22-8-6-5-7-9-22/h5-13,18,24H,14-17,19-21H2,1-4H3,(H,35,41)(H2,34,36,37,38). The van der Waals surface area contributed by atoms with E-state index in [2.05, 4.69) is 74.6 Å². The van der Waals surface area contributed by atoms with Crippen LogP contribution in [-0.2, 0) is 11.3 Å². The van der Waals surface area contributed by atoms with Gasteiger partial charge in [0.2, 0.25) is 0 Å². The largest absolute Gasteiger partial charge is 0.484 e. The van der Waals surface area contributed by atoms with Gasteiger partial charge in [0.15, 0.2) is 12.3 Å². The van der Waals surface area contributed by atoms with Crippen LogP contribution in [0.3, 0.4) is 0 Å². The molecule has 0 atom stereocenters. The molecule has 1 aliphatic rings. The van der Waals surface area contributed by atoms with Gasteiger partial charge in [0.05, 0.1) is 16.9 Å². The predicted octanol–water partition coefficient (Wildman–Crippen LogP) is 5.19. The lowest BCUT2D eigenvalue weighted by Gasteiger charge is -2.33. The third-order valence-electron chi connectivity index (χ3n) is 8.08. The van der Waals surface area contributed by atoms with Gasteiger partial charge in [-0.25, -0.2) is 9.97 Å². The van der Waals surface area contributed by atoms with E-state index >= 15 is 0 Å². The molecule has 1 fully saturated rings. The Hall–Kier alpha value is -3.66. The molecule has 1 amide bonds. The van der Waals surface area contributed by atoms with Crippen molar-refractivity contribution >= 4 is 34.4 Å². The van der Waals surface area contributed by atoms with Crippen molar-refractivity contribution < 1.29 is 9.53 Å². The van der Waals surface area contributed by atoms with E-state index < -0.39 is 0 Å². The summed E-state index contributed by atoms with van der Waals surface area (Å²) in [6.45, 7) is 7.66. The molecule has 2 aromatic carbocycles. The fraction of sp³-hybridized carbons (Fsp3) is 0.406. The van der Waals surface area contributed by atoms with E-state index in [1.807, 2.05) is 38.4 Å². The molecule has 3 N–H and O–H groups in total. The summed E-state index contributed by atoms with van der Waals surface area (Å²) in [5.41, 5.74) is 4.30. The Labute approximate surface area is 252 Å². The normalized spacial score (nSPS) is 14.8. The SMILES string of the molecule is CN(C)C(C)(C)CNC(=O)COc1ccc(-c2nc3c(NC4CCN(Cc5ccccc5)CC4)c(Cl)cnc3[nH]2)cc1. The number of nitrogens with zero attached hydrogens (tertiary/aromatic N) is 4. The number of hydrogen-bond acceptors (Lipinski definition) is 7. The van der Waals surface area contributed by atoms with Crippen LogP contribution < -0.4 is 15.4 Å². The van der Waals surface area contributed by atoms with E-state index in [0.717, 1.165) is 49.2 Å². The Balaban J connectivity index is 1.19. The lowest BCUT2D eigenvalue weighted by Crippen LogP contribution is -2.48. The van der Waals surface area contributed by atoms with Crippen LogP contribution >= 0.6 is 11.6 Å². The van der Waals surface area contributed by atoms with Crippen molar-refractivity contribution in [3.05, 3.63) is 71.4 Å². The molecule has 10 heteroatoms. The fourth-order valence-electron chi connectivity index (χ4n) is 4.87. The average molecular weight is 590 g/mol. The van der Waals surface area contributed by atoms with Gasteiger partial charge in [0, 0.05) is 43.3 Å². The molecule has 1 aliphatic heterocycles. The predicted molar refractivity (Wildman–Crippen MR) is 169 cm³/mol. The third-order valence-corrected chi connectivity index (χ3v) is 8.37. The molecular formula is C32H40ClN7O2. The van der Waals surface area contributed by atoms with Gasteiger partial charge in [0.25, 0.3) is 5.91 Å². The number of halogens is 1. The summed E-state index contributed by atoms with van der Waals surface area (Å²) in [6.07, 6.45) is 3.72. The molecule has 42 heavy (non-hydrogen) atoms. The van der Waals surface area contributed by atoms with Gasteiger partial charge >= 0.3 is 0 Å². The number of hydrogen-bond donors (Lipinski definition) is 3. The first-order chi connectivity index (χ1) is 20.2. The van der Waals surface area contributed by atoms with Crippen molar-refractivity contribution in [1.82, 2.24) is 30.1 Å². The first-order valence-corrected chi connectivity index (χ1v) is 14.8. The first-order valence-electron chi connectivity index (χ1n) is 14.4. The van der Waals surface area contributed by atoms with E-state index in [-0.39, 0.29) is 18.1 Å². The summed E-state index contributed by atoms with van der Waals surface area (Å²) in [5, 5.41) is 7.15. The van der Waals surface area contributed by atoms with E-state index in [1.165, 1.54) is 5.56 Å². The molecule has 0 spiro atoms. The van der Waals surface area contributed by atoms with Gasteiger partial charge in [-0.05, 0) is 70.6 Å². The van der Waals surface area contributed by atoms with Crippen LogP contribution in [0.1, 0.15) is 32.3 Å². The molecule has 9 nitrogen and oxygen atoms in total. The van der Waals surface area contributed by atoms with Crippen LogP contribution in [0.15, 0.2) is 60.8 Å². The Morgan fingerprint density at radius 1 is 1.12 bits per heavy atom. The number of imidazole rings is 1. The maximum Gasteiger partial charge on any atom is 0.258 e. The van der Waals surface area contributed by atoms with Crippen LogP contribution in [0, 0.1) is 0 Å². The second-order valence-electron chi connectivity index (χ2n) is 11.7. The number of pyridine rings is 1. The molecule has 1 saturated heterocycles. The Bertz CT molecular complexity index is 1480. The fourth-order valence-corrected chi connectivity index (χ4v) is 5.06. The molecule has 4 aromatic rings. The second kappa shape index (κ2) is 13.1. The van der Waals surface area contributed by atoms with Gasteiger partial charge in [-0.2, -0.15) is 0 Å². The van der Waals surface area contributed by atoms with Gasteiger partial charge in [-0.3, -0.25) is 9.69 Å². The zero-order valence-electron chi connectivity index (χ0n) is 24.8. The number of aromatic amines is 1. The number of nitrogens with one attached hydrogen (secondary N) is 3. The first kappa shape index (κ1) is 29.8. The molecule has 2 aromatic heterocycles. The summed E-state index contributed by atoms with van der Waals surface area (Å²) in [4.78, 5) is 29.5. The molecule has 222 valence electrons. The monoisotopic (exact) mass is 589 g/mol. The third kappa shape index (κ3) is 7.40. The number of fused-ring (bicyclic) bond motifs is 1. The number of carbonyl (C=O) groups excluding carboxylic acids is 1. The van der Waals surface area contributed by atoms with Crippen molar-refractivity contribution in [2.24, 2.45) is 0 Å². The maximum atomic E-state index is 12.3. The number of likely N-dealkylation sites (N-methyl/N-ethyl adjacent to an activating group) is 1.